The van der Waals surface area contributed by atoms with Gasteiger partial charge >= 0.3 is 0 Å². The molecule has 0 spiro atoms. The zero-order valence-electron chi connectivity index (χ0n) is 20.3. The molecule has 37 heavy (non-hydrogen) atoms. The largest absolute Gasteiger partial charge is 0.490 e. The first-order valence-corrected chi connectivity index (χ1v) is 12.6. The van der Waals surface area contributed by atoms with Gasteiger partial charge < -0.3 is 30.0 Å². The molecule has 3 heterocycles. The summed E-state index contributed by atoms with van der Waals surface area (Å²) in [6.07, 6.45) is 0.411. The number of fused-ring (bicyclic) bond motifs is 4. The monoisotopic (exact) mass is 516 g/mol. The minimum absolute atomic E-state index is 0.000475. The number of carbonyl (C=O) groups excluding carboxylic acids is 2. The van der Waals surface area contributed by atoms with Gasteiger partial charge in [-0.3, -0.25) is 9.59 Å². The molecule has 2 aromatic carbocycles. The smallest absolute Gasteiger partial charge is 0.230 e. The molecule has 0 saturated carbocycles. The van der Waals surface area contributed by atoms with Crippen molar-refractivity contribution < 1.29 is 37.7 Å². The van der Waals surface area contributed by atoms with E-state index in [4.69, 9.17) is 14.2 Å². The van der Waals surface area contributed by atoms with E-state index >= 15 is 0 Å². The quantitative estimate of drug-likeness (QED) is 0.523. The number of ether oxygens (including phenoxy) is 3. The van der Waals surface area contributed by atoms with Gasteiger partial charge in [0.2, 0.25) is 11.8 Å². The van der Waals surface area contributed by atoms with Gasteiger partial charge in [0.25, 0.3) is 0 Å². The van der Waals surface area contributed by atoms with E-state index in [1.54, 1.807) is 6.07 Å². The van der Waals surface area contributed by atoms with Gasteiger partial charge in [0, 0.05) is 42.1 Å². The molecule has 3 aliphatic heterocycles. The maximum atomic E-state index is 13.9. The first-order chi connectivity index (χ1) is 17.9. The van der Waals surface area contributed by atoms with Crippen LogP contribution in [-0.2, 0) is 25.6 Å². The summed E-state index contributed by atoms with van der Waals surface area (Å²) in [7, 11) is 0. The van der Waals surface area contributed by atoms with Crippen LogP contribution in [0.2, 0.25) is 0 Å². The standard InChI is InChI=1S/C27H30F2N2O6/c28-16-1-3-22(29)15(9-16)13-30-25(33)12-19-11-21-20-10-17(31-27(34)26(21)24(14-32)37-19)2-4-23(20)36-18-5-7-35-8-6-18/h1-4,9-10,18-19,21,24,26,32H,5-8,11-14H2,(H,30,33)(H,31,34)/t19-,21+,24+,26-/m0/s1. The second-order valence-electron chi connectivity index (χ2n) is 9.74. The molecule has 0 aliphatic carbocycles. The molecule has 2 aromatic rings. The van der Waals surface area contributed by atoms with Gasteiger partial charge in [-0.15, -0.1) is 0 Å². The number of halogens is 2. The summed E-state index contributed by atoms with van der Waals surface area (Å²) in [5.41, 5.74) is 1.51. The summed E-state index contributed by atoms with van der Waals surface area (Å²) in [6, 6.07) is 8.59. The lowest BCUT2D eigenvalue weighted by Gasteiger charge is -2.40. The number of hydrogen-bond donors (Lipinski definition) is 3. The zero-order valence-corrected chi connectivity index (χ0v) is 20.3. The van der Waals surface area contributed by atoms with Crippen molar-refractivity contribution in [2.24, 2.45) is 5.92 Å². The summed E-state index contributed by atoms with van der Waals surface area (Å²) in [4.78, 5) is 25.8. The van der Waals surface area contributed by atoms with Gasteiger partial charge in [-0.25, -0.2) is 8.78 Å². The number of rotatable bonds is 7. The van der Waals surface area contributed by atoms with E-state index in [-0.39, 0.29) is 36.5 Å². The maximum absolute atomic E-state index is 13.9. The molecule has 2 bridgehead atoms. The van der Waals surface area contributed by atoms with Crippen molar-refractivity contribution >= 4 is 17.5 Å². The molecule has 2 saturated heterocycles. The number of benzene rings is 2. The Morgan fingerprint density at radius 2 is 1.97 bits per heavy atom. The Labute approximate surface area is 213 Å². The average Bonchev–Trinajstić information content (AvgIpc) is 3.00. The molecule has 0 unspecified atom stereocenters. The molecular formula is C27H30F2N2O6. The average molecular weight is 517 g/mol. The van der Waals surface area contributed by atoms with E-state index in [2.05, 4.69) is 10.6 Å². The highest BCUT2D eigenvalue weighted by atomic mass is 19.1. The van der Waals surface area contributed by atoms with Crippen molar-refractivity contribution in [3.8, 4) is 5.75 Å². The van der Waals surface area contributed by atoms with E-state index in [9.17, 15) is 23.5 Å². The third-order valence-electron chi connectivity index (χ3n) is 7.24. The zero-order chi connectivity index (χ0) is 25.9. The van der Waals surface area contributed by atoms with Gasteiger partial charge in [-0.2, -0.15) is 0 Å². The van der Waals surface area contributed by atoms with Gasteiger partial charge in [0.15, 0.2) is 0 Å². The van der Waals surface area contributed by atoms with Crippen LogP contribution < -0.4 is 15.4 Å². The molecule has 3 N–H and O–H groups in total. The summed E-state index contributed by atoms with van der Waals surface area (Å²) in [5.74, 6) is -2.21. The Kier molecular flexibility index (Phi) is 7.68. The molecule has 2 amide bonds. The summed E-state index contributed by atoms with van der Waals surface area (Å²) < 4.78 is 45.1. The van der Waals surface area contributed by atoms with Crippen LogP contribution in [0.25, 0.3) is 0 Å². The normalized spacial score (nSPS) is 25.5. The third-order valence-corrected chi connectivity index (χ3v) is 7.24. The van der Waals surface area contributed by atoms with Gasteiger partial charge in [0.05, 0.1) is 44.4 Å². The van der Waals surface area contributed by atoms with Crippen LogP contribution in [-0.4, -0.2) is 55.1 Å². The van der Waals surface area contributed by atoms with E-state index in [1.165, 1.54) is 0 Å². The van der Waals surface area contributed by atoms with Crippen molar-refractivity contribution in [1.82, 2.24) is 5.32 Å². The number of anilines is 1. The molecule has 5 rings (SSSR count). The lowest BCUT2D eigenvalue weighted by Crippen LogP contribution is -2.48. The fourth-order valence-corrected chi connectivity index (χ4v) is 5.41. The van der Waals surface area contributed by atoms with Crippen LogP contribution in [0.3, 0.4) is 0 Å². The first-order valence-electron chi connectivity index (χ1n) is 12.6. The number of nitrogens with one attached hydrogen (secondary N) is 2. The van der Waals surface area contributed by atoms with Crippen LogP contribution in [0, 0.1) is 17.6 Å². The van der Waals surface area contributed by atoms with Crippen molar-refractivity contribution in [3.63, 3.8) is 0 Å². The van der Waals surface area contributed by atoms with E-state index in [1.807, 2.05) is 12.1 Å². The van der Waals surface area contributed by atoms with E-state index < -0.39 is 42.3 Å². The van der Waals surface area contributed by atoms with Crippen LogP contribution >= 0.6 is 0 Å². The molecule has 4 atom stereocenters. The molecule has 8 nitrogen and oxygen atoms in total. The lowest BCUT2D eigenvalue weighted by atomic mass is 9.76. The topological polar surface area (TPSA) is 106 Å². The second kappa shape index (κ2) is 11.1. The number of aliphatic hydroxyl groups is 1. The minimum atomic E-state index is -0.817. The van der Waals surface area contributed by atoms with Gasteiger partial charge in [0.1, 0.15) is 23.5 Å². The number of amides is 2. The molecule has 198 valence electrons. The predicted octanol–water partition coefficient (Wildman–Crippen LogP) is 3.03. The molecule has 0 radical (unpaired) electrons. The molecule has 0 aromatic heterocycles. The number of aliphatic hydroxyl groups excluding tert-OH is 1. The van der Waals surface area contributed by atoms with E-state index in [0.717, 1.165) is 36.6 Å². The highest BCUT2D eigenvalue weighted by Gasteiger charge is 2.46. The fourth-order valence-electron chi connectivity index (χ4n) is 5.41. The van der Waals surface area contributed by atoms with Crippen LogP contribution in [0.1, 0.15) is 42.7 Å². The number of carbonyl (C=O) groups is 2. The summed E-state index contributed by atoms with van der Waals surface area (Å²) in [5, 5.41) is 15.6. The maximum Gasteiger partial charge on any atom is 0.230 e. The van der Waals surface area contributed by atoms with Gasteiger partial charge in [-0.05, 0) is 42.8 Å². The fraction of sp³-hybridized carbons (Fsp3) is 0.481. The minimum Gasteiger partial charge on any atom is -0.490 e. The van der Waals surface area contributed by atoms with Crippen LogP contribution in [0.15, 0.2) is 36.4 Å². The van der Waals surface area contributed by atoms with Crippen LogP contribution in [0.5, 0.6) is 5.75 Å². The van der Waals surface area contributed by atoms with Gasteiger partial charge in [-0.1, -0.05) is 0 Å². The Bertz CT molecular complexity index is 1160. The first kappa shape index (κ1) is 25.6. The summed E-state index contributed by atoms with van der Waals surface area (Å²) >= 11 is 0. The molecule has 2 fully saturated rings. The van der Waals surface area contributed by atoms with Crippen molar-refractivity contribution in [2.75, 3.05) is 25.1 Å². The van der Waals surface area contributed by atoms with Crippen molar-refractivity contribution in [1.29, 1.82) is 0 Å². The lowest BCUT2D eigenvalue weighted by molar-refractivity contribution is -0.148. The highest BCUT2D eigenvalue weighted by Crippen LogP contribution is 2.46. The highest BCUT2D eigenvalue weighted by molar-refractivity contribution is 5.95. The Morgan fingerprint density at radius 1 is 1.16 bits per heavy atom. The Morgan fingerprint density at radius 3 is 2.76 bits per heavy atom. The molecule has 3 aliphatic rings. The molecule has 10 heteroatoms. The Hall–Kier alpha value is -3.08. The summed E-state index contributed by atoms with van der Waals surface area (Å²) in [6.45, 7) is 0.689. The SMILES string of the molecule is O=C(C[C@@H]1C[C@@H]2c3cc(ccc3OC3CCOCC3)NC(=O)[C@@H]2[C@@H](CO)O1)NCc1cc(F)ccc1F. The van der Waals surface area contributed by atoms with Crippen molar-refractivity contribution in [2.45, 2.75) is 56.5 Å². The van der Waals surface area contributed by atoms with Crippen LogP contribution in [0.4, 0.5) is 14.5 Å². The Balaban J connectivity index is 1.33. The van der Waals surface area contributed by atoms with Crippen molar-refractivity contribution in [3.05, 3.63) is 59.2 Å². The number of hydrogen-bond acceptors (Lipinski definition) is 6. The van der Waals surface area contributed by atoms with E-state index in [0.29, 0.717) is 31.1 Å². The second-order valence-corrected chi connectivity index (χ2v) is 9.74. The molecular weight excluding hydrogens is 486 g/mol. The third kappa shape index (κ3) is 5.76. The predicted molar refractivity (Wildman–Crippen MR) is 129 cm³/mol.